The standard InChI is InChI=1S/C13H9BF4N2O3/c15-10-5-7(1-2-9(10)14(22)23)12(21)20-11-6-8(3-4-19-11)13(16,17)18/h1-6,22-23H,(H,19,20,21). The lowest BCUT2D eigenvalue weighted by atomic mass is 9.79. The van der Waals surface area contributed by atoms with Crippen LogP contribution in [-0.2, 0) is 6.18 Å². The summed E-state index contributed by atoms with van der Waals surface area (Å²) < 4.78 is 51.2. The van der Waals surface area contributed by atoms with Crippen LogP contribution in [-0.4, -0.2) is 28.1 Å². The van der Waals surface area contributed by atoms with Crippen LogP contribution < -0.4 is 10.8 Å². The Hall–Kier alpha value is -2.46. The zero-order valence-corrected chi connectivity index (χ0v) is 11.3. The first-order valence-corrected chi connectivity index (χ1v) is 6.18. The number of aromatic nitrogens is 1. The Morgan fingerprint density at radius 2 is 1.87 bits per heavy atom. The fourth-order valence-corrected chi connectivity index (χ4v) is 1.74. The SMILES string of the molecule is O=C(Nc1cc(C(F)(F)F)ccn1)c1ccc(B(O)O)c(F)c1. The van der Waals surface area contributed by atoms with Gasteiger partial charge in [0.15, 0.2) is 0 Å². The molecular weight excluding hydrogens is 319 g/mol. The summed E-state index contributed by atoms with van der Waals surface area (Å²) in [6.45, 7) is 0. The number of carbonyl (C=O) groups is 1. The Labute approximate surface area is 127 Å². The predicted octanol–water partition coefficient (Wildman–Crippen LogP) is 1.17. The van der Waals surface area contributed by atoms with Gasteiger partial charge in [-0.3, -0.25) is 4.79 Å². The van der Waals surface area contributed by atoms with Crippen molar-refractivity contribution >= 4 is 24.3 Å². The second-order valence-electron chi connectivity index (χ2n) is 4.49. The molecule has 1 heterocycles. The molecule has 2 aromatic rings. The van der Waals surface area contributed by atoms with Gasteiger partial charge in [0.2, 0.25) is 0 Å². The van der Waals surface area contributed by atoms with Gasteiger partial charge < -0.3 is 15.4 Å². The van der Waals surface area contributed by atoms with E-state index in [0.717, 1.165) is 30.5 Å². The molecule has 3 N–H and O–H groups in total. The van der Waals surface area contributed by atoms with Gasteiger partial charge in [0.05, 0.1) is 5.56 Å². The Kier molecular flexibility index (Phi) is 4.67. The molecule has 120 valence electrons. The molecule has 0 radical (unpaired) electrons. The molecule has 1 aromatic carbocycles. The van der Waals surface area contributed by atoms with E-state index in [0.29, 0.717) is 6.07 Å². The molecule has 23 heavy (non-hydrogen) atoms. The van der Waals surface area contributed by atoms with Crippen LogP contribution in [0.3, 0.4) is 0 Å². The number of hydrogen-bond acceptors (Lipinski definition) is 4. The van der Waals surface area contributed by atoms with Gasteiger partial charge in [-0.05, 0) is 24.3 Å². The predicted molar refractivity (Wildman–Crippen MR) is 73.4 cm³/mol. The zero-order valence-electron chi connectivity index (χ0n) is 11.3. The van der Waals surface area contributed by atoms with E-state index in [9.17, 15) is 22.4 Å². The Morgan fingerprint density at radius 1 is 1.17 bits per heavy atom. The normalized spacial score (nSPS) is 11.2. The minimum absolute atomic E-state index is 0.217. The average Bonchev–Trinajstić information content (AvgIpc) is 2.46. The third kappa shape index (κ3) is 4.05. The lowest BCUT2D eigenvalue weighted by molar-refractivity contribution is -0.137. The van der Waals surface area contributed by atoms with Crippen molar-refractivity contribution in [3.05, 3.63) is 53.5 Å². The number of nitrogens with one attached hydrogen (secondary N) is 1. The Morgan fingerprint density at radius 3 is 2.43 bits per heavy atom. The number of amides is 1. The van der Waals surface area contributed by atoms with Crippen molar-refractivity contribution in [3.8, 4) is 0 Å². The summed E-state index contributed by atoms with van der Waals surface area (Å²) in [5, 5.41) is 19.9. The first kappa shape index (κ1) is 16.9. The van der Waals surface area contributed by atoms with Gasteiger partial charge in [0.1, 0.15) is 11.6 Å². The van der Waals surface area contributed by atoms with Crippen molar-refractivity contribution in [1.82, 2.24) is 4.98 Å². The van der Waals surface area contributed by atoms with E-state index in [2.05, 4.69) is 10.3 Å². The van der Waals surface area contributed by atoms with Crippen molar-refractivity contribution in [3.63, 3.8) is 0 Å². The minimum Gasteiger partial charge on any atom is -0.423 e. The summed E-state index contributed by atoms with van der Waals surface area (Å²) in [4.78, 5) is 15.5. The quantitative estimate of drug-likeness (QED) is 0.584. The van der Waals surface area contributed by atoms with Crippen LogP contribution in [0.2, 0.25) is 0 Å². The highest BCUT2D eigenvalue weighted by atomic mass is 19.4. The van der Waals surface area contributed by atoms with Gasteiger partial charge in [0.25, 0.3) is 5.91 Å². The van der Waals surface area contributed by atoms with Crippen LogP contribution in [0.5, 0.6) is 0 Å². The molecule has 0 saturated heterocycles. The van der Waals surface area contributed by atoms with E-state index in [1.54, 1.807) is 0 Å². The van der Waals surface area contributed by atoms with Crippen LogP contribution in [0.15, 0.2) is 36.5 Å². The van der Waals surface area contributed by atoms with Crippen LogP contribution in [0.25, 0.3) is 0 Å². The first-order valence-electron chi connectivity index (χ1n) is 6.18. The van der Waals surface area contributed by atoms with Gasteiger partial charge in [-0.25, -0.2) is 9.37 Å². The van der Waals surface area contributed by atoms with E-state index in [1.807, 2.05) is 0 Å². The lowest BCUT2D eigenvalue weighted by Crippen LogP contribution is -2.33. The fourth-order valence-electron chi connectivity index (χ4n) is 1.74. The number of halogens is 4. The van der Waals surface area contributed by atoms with Gasteiger partial charge in [-0.2, -0.15) is 13.2 Å². The molecule has 5 nitrogen and oxygen atoms in total. The van der Waals surface area contributed by atoms with E-state index >= 15 is 0 Å². The molecule has 0 atom stereocenters. The maximum absolute atomic E-state index is 13.6. The van der Waals surface area contributed by atoms with Crippen molar-refractivity contribution in [2.75, 3.05) is 5.32 Å². The van der Waals surface area contributed by atoms with Crippen LogP contribution in [0, 0.1) is 5.82 Å². The molecule has 0 aliphatic heterocycles. The van der Waals surface area contributed by atoms with Crippen LogP contribution in [0.1, 0.15) is 15.9 Å². The van der Waals surface area contributed by atoms with Gasteiger partial charge in [0, 0.05) is 17.2 Å². The van der Waals surface area contributed by atoms with E-state index < -0.39 is 36.0 Å². The Balaban J connectivity index is 2.21. The largest absolute Gasteiger partial charge is 0.491 e. The molecule has 1 aromatic heterocycles. The highest BCUT2D eigenvalue weighted by molar-refractivity contribution is 6.58. The smallest absolute Gasteiger partial charge is 0.423 e. The molecule has 0 bridgehead atoms. The number of nitrogens with zero attached hydrogens (tertiary/aromatic N) is 1. The van der Waals surface area contributed by atoms with E-state index in [4.69, 9.17) is 10.0 Å². The van der Waals surface area contributed by atoms with Gasteiger partial charge in [-0.1, -0.05) is 6.07 Å². The first-order chi connectivity index (χ1) is 10.7. The zero-order chi connectivity index (χ0) is 17.2. The third-order valence-corrected chi connectivity index (χ3v) is 2.87. The molecule has 0 spiro atoms. The average molecular weight is 328 g/mol. The molecule has 2 rings (SSSR count). The summed E-state index contributed by atoms with van der Waals surface area (Å²) >= 11 is 0. The fraction of sp³-hybridized carbons (Fsp3) is 0.0769. The summed E-state index contributed by atoms with van der Waals surface area (Å²) in [7, 11) is -2.04. The summed E-state index contributed by atoms with van der Waals surface area (Å²) in [6.07, 6.45) is -3.71. The molecular formula is C13H9BF4N2O3. The molecule has 0 unspecified atom stereocenters. The highest BCUT2D eigenvalue weighted by Gasteiger charge is 2.30. The summed E-state index contributed by atoms with van der Waals surface area (Å²) in [5.74, 6) is -2.28. The van der Waals surface area contributed by atoms with Crippen LogP contribution in [0.4, 0.5) is 23.4 Å². The van der Waals surface area contributed by atoms with Gasteiger partial charge >= 0.3 is 13.3 Å². The van der Waals surface area contributed by atoms with Gasteiger partial charge in [-0.15, -0.1) is 0 Å². The molecule has 0 aliphatic carbocycles. The maximum atomic E-state index is 13.6. The number of hydrogen-bond donors (Lipinski definition) is 3. The molecule has 0 saturated carbocycles. The van der Waals surface area contributed by atoms with Crippen molar-refractivity contribution < 1.29 is 32.4 Å². The Bertz CT molecular complexity index is 737. The van der Waals surface area contributed by atoms with Crippen molar-refractivity contribution in [2.45, 2.75) is 6.18 Å². The van der Waals surface area contributed by atoms with Crippen LogP contribution >= 0.6 is 0 Å². The number of benzene rings is 1. The number of rotatable bonds is 3. The topological polar surface area (TPSA) is 82.5 Å². The molecule has 0 fully saturated rings. The number of carbonyl (C=O) groups excluding carboxylic acids is 1. The lowest BCUT2D eigenvalue weighted by Gasteiger charge is -2.09. The summed E-state index contributed by atoms with van der Waals surface area (Å²) in [5.41, 5.74) is -1.64. The molecule has 0 aliphatic rings. The molecule has 1 amide bonds. The third-order valence-electron chi connectivity index (χ3n) is 2.87. The second-order valence-corrected chi connectivity index (χ2v) is 4.49. The van der Waals surface area contributed by atoms with E-state index in [-0.39, 0.29) is 11.4 Å². The van der Waals surface area contributed by atoms with Crippen molar-refractivity contribution in [2.24, 2.45) is 0 Å². The maximum Gasteiger partial charge on any atom is 0.491 e. The monoisotopic (exact) mass is 328 g/mol. The highest BCUT2D eigenvalue weighted by Crippen LogP contribution is 2.29. The second kappa shape index (κ2) is 6.35. The number of pyridine rings is 1. The minimum atomic E-state index is -4.59. The number of anilines is 1. The van der Waals surface area contributed by atoms with E-state index in [1.165, 1.54) is 0 Å². The summed E-state index contributed by atoms with van der Waals surface area (Å²) in [6, 6.07) is 4.19. The van der Waals surface area contributed by atoms with Crippen molar-refractivity contribution in [1.29, 1.82) is 0 Å². The number of alkyl halides is 3. The molecule has 10 heteroatoms.